The van der Waals surface area contributed by atoms with Crippen LogP contribution in [0.1, 0.15) is 6.92 Å². The van der Waals surface area contributed by atoms with Gasteiger partial charge in [0.2, 0.25) is 0 Å². The molecule has 0 saturated carbocycles. The van der Waals surface area contributed by atoms with Crippen molar-refractivity contribution in [3.8, 4) is 0 Å². The van der Waals surface area contributed by atoms with Crippen LogP contribution in [0.25, 0.3) is 0 Å². The van der Waals surface area contributed by atoms with E-state index in [1.165, 1.54) is 0 Å². The number of allylic oxidation sites excluding steroid dienone is 3. The third-order valence-corrected chi connectivity index (χ3v) is 2.48. The Morgan fingerprint density at radius 1 is 1.73 bits per heavy atom. The first-order valence-electron chi connectivity index (χ1n) is 4.71. The highest BCUT2D eigenvalue weighted by Crippen LogP contribution is 2.29. The first kappa shape index (κ1) is 10.3. The van der Waals surface area contributed by atoms with Crippen LogP contribution >= 0.6 is 11.6 Å². The molecule has 0 radical (unpaired) electrons. The van der Waals surface area contributed by atoms with Crippen LogP contribution in [0.2, 0.25) is 0 Å². The molecule has 0 spiro atoms. The molecular formula is C10H11ClN2O2. The Balaban J connectivity index is 2.32. The van der Waals surface area contributed by atoms with E-state index in [4.69, 9.17) is 16.3 Å². The number of rotatable bonds is 2. The van der Waals surface area contributed by atoms with E-state index in [1.807, 2.05) is 12.3 Å². The second-order valence-corrected chi connectivity index (χ2v) is 3.52. The molecule has 0 aliphatic carbocycles. The Bertz CT molecular complexity index is 385. The summed E-state index contributed by atoms with van der Waals surface area (Å²) < 4.78 is 4.95. The van der Waals surface area contributed by atoms with Crippen molar-refractivity contribution >= 4 is 17.6 Å². The molecular weight excluding hydrogens is 216 g/mol. The summed E-state index contributed by atoms with van der Waals surface area (Å²) in [6.07, 6.45) is 5.37. The number of hydrogen-bond donors (Lipinski definition) is 1. The normalized spacial score (nSPS) is 19.1. The Morgan fingerprint density at radius 2 is 2.53 bits per heavy atom. The van der Waals surface area contributed by atoms with Gasteiger partial charge in [-0.25, -0.2) is 10.2 Å². The zero-order chi connectivity index (χ0) is 10.8. The van der Waals surface area contributed by atoms with Crippen LogP contribution in [0.3, 0.4) is 0 Å². The van der Waals surface area contributed by atoms with Gasteiger partial charge in [0.05, 0.1) is 22.9 Å². The number of nitrogens with one attached hydrogen (secondary N) is 1. The Morgan fingerprint density at radius 3 is 3.27 bits per heavy atom. The van der Waals surface area contributed by atoms with Crippen LogP contribution in [-0.2, 0) is 9.53 Å². The van der Waals surface area contributed by atoms with Gasteiger partial charge in [0, 0.05) is 12.7 Å². The maximum atomic E-state index is 11.6. The highest BCUT2D eigenvalue weighted by atomic mass is 35.5. The van der Waals surface area contributed by atoms with Crippen molar-refractivity contribution in [3.63, 3.8) is 0 Å². The molecule has 15 heavy (non-hydrogen) atoms. The molecule has 0 aromatic rings. The summed E-state index contributed by atoms with van der Waals surface area (Å²) in [6, 6.07) is 0. The first-order chi connectivity index (χ1) is 7.24. The molecule has 2 heterocycles. The van der Waals surface area contributed by atoms with Crippen LogP contribution in [0.15, 0.2) is 34.7 Å². The van der Waals surface area contributed by atoms with E-state index in [9.17, 15) is 4.79 Å². The van der Waals surface area contributed by atoms with Crippen molar-refractivity contribution < 1.29 is 9.53 Å². The monoisotopic (exact) mass is 226 g/mol. The van der Waals surface area contributed by atoms with Gasteiger partial charge in [-0.1, -0.05) is 11.6 Å². The zero-order valence-electron chi connectivity index (χ0n) is 8.29. The number of ether oxygens (including phenoxy) is 1. The summed E-state index contributed by atoms with van der Waals surface area (Å²) in [7, 11) is 0. The highest BCUT2D eigenvalue weighted by molar-refractivity contribution is 6.32. The number of carbonyl (C=O) groups is 1. The van der Waals surface area contributed by atoms with E-state index in [-0.39, 0.29) is 5.97 Å². The van der Waals surface area contributed by atoms with E-state index < -0.39 is 0 Å². The van der Waals surface area contributed by atoms with Crippen LogP contribution in [-0.4, -0.2) is 24.1 Å². The lowest BCUT2D eigenvalue weighted by Crippen LogP contribution is -2.27. The summed E-state index contributed by atoms with van der Waals surface area (Å²) in [5, 5.41) is 2.28. The molecule has 0 amide bonds. The van der Waals surface area contributed by atoms with Gasteiger partial charge in [0.25, 0.3) is 0 Å². The number of nitrogens with zero attached hydrogens (tertiary/aromatic N) is 1. The minimum atomic E-state index is -0.315. The molecule has 4 nitrogen and oxygen atoms in total. The fraction of sp³-hybridized carbons (Fsp3) is 0.300. The predicted octanol–water partition coefficient (Wildman–Crippen LogP) is 1.27. The Kier molecular flexibility index (Phi) is 2.79. The second-order valence-electron chi connectivity index (χ2n) is 3.11. The fourth-order valence-electron chi connectivity index (χ4n) is 1.54. The third-order valence-electron chi connectivity index (χ3n) is 2.18. The van der Waals surface area contributed by atoms with Crippen molar-refractivity contribution in [2.45, 2.75) is 6.92 Å². The molecule has 80 valence electrons. The molecule has 0 aromatic carbocycles. The maximum Gasteiger partial charge on any atom is 0.337 e. The van der Waals surface area contributed by atoms with E-state index >= 15 is 0 Å². The van der Waals surface area contributed by atoms with E-state index in [1.54, 1.807) is 18.0 Å². The molecule has 5 heteroatoms. The van der Waals surface area contributed by atoms with Gasteiger partial charge in [-0.3, -0.25) is 5.01 Å². The van der Waals surface area contributed by atoms with Crippen molar-refractivity contribution in [1.82, 2.24) is 10.4 Å². The fourth-order valence-corrected chi connectivity index (χ4v) is 1.82. The quantitative estimate of drug-likeness (QED) is 0.721. The van der Waals surface area contributed by atoms with Gasteiger partial charge in [0.15, 0.2) is 0 Å². The molecule has 0 aromatic heterocycles. The molecule has 0 atom stereocenters. The largest absolute Gasteiger partial charge is 0.463 e. The average molecular weight is 227 g/mol. The molecule has 1 N–H and O–H groups in total. The van der Waals surface area contributed by atoms with Crippen LogP contribution in [0.4, 0.5) is 0 Å². The van der Waals surface area contributed by atoms with E-state index in [2.05, 4.69) is 5.43 Å². The highest BCUT2D eigenvalue weighted by Gasteiger charge is 2.29. The SMILES string of the molecule is CCOC(=O)C1=C2C(Cl)=CC=CN2NC1. The number of hydrogen-bond acceptors (Lipinski definition) is 4. The minimum absolute atomic E-state index is 0.315. The molecule has 0 fully saturated rings. The average Bonchev–Trinajstić information content (AvgIpc) is 2.63. The Hall–Kier alpha value is -1.26. The summed E-state index contributed by atoms with van der Waals surface area (Å²) >= 11 is 6.02. The van der Waals surface area contributed by atoms with E-state index in [0.29, 0.717) is 29.5 Å². The lowest BCUT2D eigenvalue weighted by atomic mass is 10.2. The maximum absolute atomic E-state index is 11.6. The predicted molar refractivity (Wildman–Crippen MR) is 56.6 cm³/mol. The van der Waals surface area contributed by atoms with Gasteiger partial charge in [-0.2, -0.15) is 0 Å². The molecule has 0 unspecified atom stereocenters. The van der Waals surface area contributed by atoms with Gasteiger partial charge in [0.1, 0.15) is 0 Å². The molecule has 0 bridgehead atoms. The lowest BCUT2D eigenvalue weighted by molar-refractivity contribution is -0.138. The van der Waals surface area contributed by atoms with Gasteiger partial charge < -0.3 is 4.74 Å². The second kappa shape index (κ2) is 4.08. The standard InChI is InChI=1S/C10H11ClN2O2/c1-2-15-10(14)7-6-12-13-5-3-4-8(11)9(7)13/h3-5,12H,2,6H2,1H3. The molecule has 0 saturated heterocycles. The molecule has 2 aliphatic heterocycles. The van der Waals surface area contributed by atoms with Crippen molar-refractivity contribution in [3.05, 3.63) is 34.7 Å². The van der Waals surface area contributed by atoms with E-state index in [0.717, 1.165) is 0 Å². The number of fused-ring (bicyclic) bond motifs is 1. The van der Waals surface area contributed by atoms with Gasteiger partial charge in [-0.15, -0.1) is 0 Å². The van der Waals surface area contributed by atoms with Crippen LogP contribution < -0.4 is 5.43 Å². The van der Waals surface area contributed by atoms with Crippen LogP contribution in [0.5, 0.6) is 0 Å². The van der Waals surface area contributed by atoms with Gasteiger partial charge in [-0.05, 0) is 19.1 Å². The first-order valence-corrected chi connectivity index (χ1v) is 5.09. The summed E-state index contributed by atoms with van der Waals surface area (Å²) in [6.45, 7) is 2.59. The molecule has 2 aliphatic rings. The summed E-state index contributed by atoms with van der Waals surface area (Å²) in [5.74, 6) is -0.315. The van der Waals surface area contributed by atoms with Gasteiger partial charge >= 0.3 is 5.97 Å². The summed E-state index contributed by atoms with van der Waals surface area (Å²) in [5.41, 5.74) is 4.29. The zero-order valence-corrected chi connectivity index (χ0v) is 9.04. The molecule has 2 rings (SSSR count). The number of hydrazine groups is 1. The van der Waals surface area contributed by atoms with Crippen molar-refractivity contribution in [2.24, 2.45) is 0 Å². The number of esters is 1. The van der Waals surface area contributed by atoms with Crippen molar-refractivity contribution in [1.29, 1.82) is 0 Å². The number of carbonyl (C=O) groups excluding carboxylic acids is 1. The minimum Gasteiger partial charge on any atom is -0.463 e. The Labute approximate surface area is 92.8 Å². The smallest absolute Gasteiger partial charge is 0.337 e. The van der Waals surface area contributed by atoms with Crippen molar-refractivity contribution in [2.75, 3.05) is 13.2 Å². The summed E-state index contributed by atoms with van der Waals surface area (Å²) in [4.78, 5) is 11.6. The number of halogens is 1. The topological polar surface area (TPSA) is 41.6 Å². The lowest BCUT2D eigenvalue weighted by Gasteiger charge is -2.19. The third kappa shape index (κ3) is 1.78. The van der Waals surface area contributed by atoms with Crippen LogP contribution in [0, 0.1) is 0 Å².